The van der Waals surface area contributed by atoms with Crippen molar-refractivity contribution in [2.45, 2.75) is 26.7 Å². The van der Waals surface area contributed by atoms with Crippen LogP contribution in [-0.4, -0.2) is 28.8 Å². The highest BCUT2D eigenvalue weighted by molar-refractivity contribution is 7.15. The molecule has 2 heterocycles. The molecule has 0 saturated heterocycles. The van der Waals surface area contributed by atoms with E-state index in [4.69, 9.17) is 5.73 Å². The second-order valence-corrected chi connectivity index (χ2v) is 11.5. The smallest absolute Gasteiger partial charge is 0.339 e. The Morgan fingerprint density at radius 3 is 1.56 bits per heavy atom. The highest BCUT2D eigenvalue weighted by Crippen LogP contribution is 2.38. The Labute approximate surface area is 233 Å². The predicted molar refractivity (Wildman–Crippen MR) is 155 cm³/mol. The largest absolute Gasteiger partial charge is 0.478 e. The summed E-state index contributed by atoms with van der Waals surface area (Å²) in [6.07, 6.45) is -0.0386. The molecule has 10 heteroatoms. The van der Waals surface area contributed by atoms with Gasteiger partial charge in [-0.15, -0.1) is 22.7 Å². The van der Waals surface area contributed by atoms with Crippen LogP contribution in [0.5, 0.6) is 0 Å². The molecular formula is C29H27N3O5S2. The van der Waals surface area contributed by atoms with Crippen molar-refractivity contribution in [3.8, 4) is 22.3 Å². The third-order valence-electron chi connectivity index (χ3n) is 6.00. The Balaban J connectivity index is 1.43. The van der Waals surface area contributed by atoms with Gasteiger partial charge < -0.3 is 21.5 Å². The second-order valence-electron chi connectivity index (χ2n) is 9.72. The summed E-state index contributed by atoms with van der Waals surface area (Å²) in [5.74, 6) is -2.56. The number of anilines is 2. The number of carboxylic acid groups (broad SMARTS) is 1. The number of benzene rings is 2. The summed E-state index contributed by atoms with van der Waals surface area (Å²) in [6, 6.07) is 18.4. The zero-order valence-electron chi connectivity index (χ0n) is 21.3. The van der Waals surface area contributed by atoms with E-state index in [0.717, 1.165) is 22.5 Å². The lowest BCUT2D eigenvalue weighted by Gasteiger charge is -2.23. The standard InChI is InChI=1S/C29H27N3O5S2/c1-29(2,13-21(33)31-26-23(25(30)35)19(15-38-26)17-9-5-3-6-10-17)14-22(34)32-27-24(28(36)37)20(16-39-27)18-11-7-4-8-12-18/h3-12,15-16H,13-14H2,1-2H3,(H2,30,35)(H,31,33)(H,32,34)(H,36,37). The Morgan fingerprint density at radius 2 is 1.15 bits per heavy atom. The van der Waals surface area contributed by atoms with Crippen molar-refractivity contribution in [1.29, 1.82) is 0 Å². The van der Waals surface area contributed by atoms with Crippen LogP contribution in [0.3, 0.4) is 0 Å². The molecule has 0 radical (unpaired) electrons. The number of hydrogen-bond acceptors (Lipinski definition) is 6. The fourth-order valence-electron chi connectivity index (χ4n) is 4.29. The van der Waals surface area contributed by atoms with Gasteiger partial charge in [-0.25, -0.2) is 4.79 Å². The monoisotopic (exact) mass is 561 g/mol. The number of carbonyl (C=O) groups is 4. The van der Waals surface area contributed by atoms with Gasteiger partial charge >= 0.3 is 5.97 Å². The number of amides is 3. The maximum Gasteiger partial charge on any atom is 0.339 e. The van der Waals surface area contributed by atoms with E-state index < -0.39 is 23.2 Å². The second kappa shape index (κ2) is 11.6. The number of nitrogens with one attached hydrogen (secondary N) is 2. The predicted octanol–water partition coefficient (Wildman–Crippen LogP) is 6.32. The highest BCUT2D eigenvalue weighted by atomic mass is 32.1. The fraction of sp³-hybridized carbons (Fsp3) is 0.172. The molecule has 0 aliphatic heterocycles. The van der Waals surface area contributed by atoms with Gasteiger partial charge in [0.1, 0.15) is 15.6 Å². The summed E-state index contributed by atoms with van der Waals surface area (Å²) in [7, 11) is 0. The van der Waals surface area contributed by atoms with Crippen molar-refractivity contribution in [2.24, 2.45) is 11.1 Å². The van der Waals surface area contributed by atoms with E-state index in [1.165, 1.54) is 11.3 Å². The molecule has 4 rings (SSSR count). The van der Waals surface area contributed by atoms with Crippen LogP contribution < -0.4 is 16.4 Å². The number of nitrogens with two attached hydrogens (primary N) is 1. The van der Waals surface area contributed by atoms with Crippen molar-refractivity contribution < 1.29 is 24.3 Å². The molecule has 0 saturated carbocycles. The first-order valence-corrected chi connectivity index (χ1v) is 13.8. The summed E-state index contributed by atoms with van der Waals surface area (Å²) in [6.45, 7) is 3.54. The van der Waals surface area contributed by atoms with Gasteiger partial charge in [0.2, 0.25) is 11.8 Å². The van der Waals surface area contributed by atoms with Crippen molar-refractivity contribution in [3.05, 3.63) is 82.6 Å². The first-order valence-electron chi connectivity index (χ1n) is 12.0. The van der Waals surface area contributed by atoms with Gasteiger partial charge in [0.15, 0.2) is 0 Å². The van der Waals surface area contributed by atoms with E-state index in [-0.39, 0.29) is 34.9 Å². The van der Waals surface area contributed by atoms with Crippen LogP contribution in [0.4, 0.5) is 10.0 Å². The van der Waals surface area contributed by atoms with E-state index in [1.54, 1.807) is 24.6 Å². The number of carboxylic acids is 1. The third-order valence-corrected chi connectivity index (χ3v) is 7.79. The SMILES string of the molecule is CC(C)(CC(=O)Nc1scc(-c2ccccc2)c1C(N)=O)CC(=O)Nc1scc(-c2ccccc2)c1C(=O)O. The van der Waals surface area contributed by atoms with Crippen molar-refractivity contribution in [2.75, 3.05) is 10.6 Å². The maximum absolute atomic E-state index is 12.9. The minimum absolute atomic E-state index is 0.0112. The minimum atomic E-state index is -1.14. The van der Waals surface area contributed by atoms with E-state index in [9.17, 15) is 24.3 Å². The third kappa shape index (κ3) is 6.60. The average molecular weight is 562 g/mol. The Kier molecular flexibility index (Phi) is 8.27. The lowest BCUT2D eigenvalue weighted by molar-refractivity contribution is -0.120. The molecule has 8 nitrogen and oxygen atoms in total. The van der Waals surface area contributed by atoms with Crippen molar-refractivity contribution in [1.82, 2.24) is 0 Å². The average Bonchev–Trinajstić information content (AvgIpc) is 3.48. The van der Waals surface area contributed by atoms with Crippen LogP contribution in [-0.2, 0) is 9.59 Å². The molecule has 0 atom stereocenters. The minimum Gasteiger partial charge on any atom is -0.478 e. The fourth-order valence-corrected chi connectivity index (χ4v) is 6.26. The molecular weight excluding hydrogens is 534 g/mol. The van der Waals surface area contributed by atoms with Gasteiger partial charge in [0.05, 0.1) is 5.56 Å². The molecule has 4 aromatic rings. The molecule has 5 N–H and O–H groups in total. The molecule has 0 aliphatic carbocycles. The highest BCUT2D eigenvalue weighted by Gasteiger charge is 2.29. The van der Waals surface area contributed by atoms with Gasteiger partial charge in [-0.3, -0.25) is 14.4 Å². The summed E-state index contributed by atoms with van der Waals surface area (Å²) in [5, 5.41) is 19.4. The van der Waals surface area contributed by atoms with Gasteiger partial charge in [-0.2, -0.15) is 0 Å². The molecule has 39 heavy (non-hydrogen) atoms. The molecule has 0 fully saturated rings. The molecule has 200 valence electrons. The van der Waals surface area contributed by atoms with Crippen LogP contribution in [0.2, 0.25) is 0 Å². The molecule has 0 spiro atoms. The normalized spacial score (nSPS) is 11.1. The van der Waals surface area contributed by atoms with Crippen LogP contribution in [0, 0.1) is 5.41 Å². The first-order chi connectivity index (χ1) is 18.6. The lowest BCUT2D eigenvalue weighted by atomic mass is 9.85. The summed E-state index contributed by atoms with van der Waals surface area (Å²) >= 11 is 2.35. The topological polar surface area (TPSA) is 139 Å². The van der Waals surface area contributed by atoms with Crippen LogP contribution in [0.25, 0.3) is 22.3 Å². The quantitative estimate of drug-likeness (QED) is 0.179. The van der Waals surface area contributed by atoms with E-state index >= 15 is 0 Å². The Hall–Kier alpha value is -4.28. The number of aromatic carboxylic acids is 1. The first kappa shape index (κ1) is 27.7. The molecule has 3 amide bonds. The number of carbonyl (C=O) groups excluding carboxylic acids is 3. The van der Waals surface area contributed by atoms with Gasteiger partial charge in [-0.05, 0) is 16.5 Å². The van der Waals surface area contributed by atoms with E-state index in [0.29, 0.717) is 16.1 Å². The van der Waals surface area contributed by atoms with Gasteiger partial charge in [-0.1, -0.05) is 74.5 Å². The number of primary amides is 1. The van der Waals surface area contributed by atoms with Crippen molar-refractivity contribution in [3.63, 3.8) is 0 Å². The van der Waals surface area contributed by atoms with E-state index in [2.05, 4.69) is 10.6 Å². The molecule has 0 bridgehead atoms. The number of thiophene rings is 2. The Morgan fingerprint density at radius 1 is 0.744 bits per heavy atom. The molecule has 2 aromatic carbocycles. The number of rotatable bonds is 10. The zero-order valence-corrected chi connectivity index (χ0v) is 22.9. The molecule has 0 aliphatic rings. The Bertz CT molecular complexity index is 1410. The van der Waals surface area contributed by atoms with Crippen LogP contribution in [0.15, 0.2) is 71.4 Å². The van der Waals surface area contributed by atoms with Gasteiger partial charge in [0, 0.05) is 34.7 Å². The molecule has 2 aromatic heterocycles. The summed E-state index contributed by atoms with van der Waals surface area (Å²) in [5.41, 5.74) is 7.86. The zero-order chi connectivity index (χ0) is 28.2. The number of hydrogen-bond donors (Lipinski definition) is 4. The summed E-state index contributed by atoms with van der Waals surface area (Å²) < 4.78 is 0. The maximum atomic E-state index is 12.9. The summed E-state index contributed by atoms with van der Waals surface area (Å²) in [4.78, 5) is 50.0. The van der Waals surface area contributed by atoms with Crippen LogP contribution >= 0.6 is 22.7 Å². The lowest BCUT2D eigenvalue weighted by Crippen LogP contribution is -2.28. The molecule has 0 unspecified atom stereocenters. The van der Waals surface area contributed by atoms with Gasteiger partial charge in [0.25, 0.3) is 5.91 Å². The van der Waals surface area contributed by atoms with Crippen molar-refractivity contribution >= 4 is 56.4 Å². The van der Waals surface area contributed by atoms with E-state index in [1.807, 2.05) is 60.7 Å². The van der Waals surface area contributed by atoms with Crippen LogP contribution in [0.1, 0.15) is 47.4 Å².